The Morgan fingerprint density at radius 3 is 2.63 bits per heavy atom. The summed E-state index contributed by atoms with van der Waals surface area (Å²) in [5.41, 5.74) is 0.468. The van der Waals surface area contributed by atoms with Crippen LogP contribution in [0.3, 0.4) is 0 Å². The number of aldehydes is 1. The quantitative estimate of drug-likeness (QED) is 0.692. The lowest BCUT2D eigenvalue weighted by Gasteiger charge is -2.10. The summed E-state index contributed by atoms with van der Waals surface area (Å²) in [5, 5.41) is 3.06. The first-order chi connectivity index (χ1) is 8.99. The van der Waals surface area contributed by atoms with Gasteiger partial charge in [0, 0.05) is 10.7 Å². The second-order valence-electron chi connectivity index (χ2n) is 3.72. The number of aromatic nitrogens is 2. The third-order valence-electron chi connectivity index (χ3n) is 2.25. The van der Waals surface area contributed by atoms with E-state index in [0.717, 1.165) is 0 Å². The van der Waals surface area contributed by atoms with Gasteiger partial charge in [0.25, 0.3) is 0 Å². The highest BCUT2D eigenvalue weighted by molar-refractivity contribution is 6.32. The summed E-state index contributed by atoms with van der Waals surface area (Å²) in [6, 6.07) is 3.90. The Hall–Kier alpha value is -1.72. The summed E-state index contributed by atoms with van der Waals surface area (Å²) >= 11 is 11.6. The number of benzene rings is 1. The molecule has 0 atom stereocenters. The molecule has 0 bridgehead atoms. The summed E-state index contributed by atoms with van der Waals surface area (Å²) in [6.45, 7) is 1.63. The molecule has 0 radical (unpaired) electrons. The number of halogens is 3. The van der Waals surface area contributed by atoms with Crippen molar-refractivity contribution in [1.29, 1.82) is 0 Å². The van der Waals surface area contributed by atoms with Crippen LogP contribution in [0.2, 0.25) is 10.2 Å². The third-order valence-corrected chi connectivity index (χ3v) is 2.76. The maximum absolute atomic E-state index is 13.2. The highest BCUT2D eigenvalue weighted by Crippen LogP contribution is 2.25. The first-order valence-electron chi connectivity index (χ1n) is 5.22. The zero-order valence-electron chi connectivity index (χ0n) is 9.75. The molecular formula is C12H8Cl2FN3O. The van der Waals surface area contributed by atoms with E-state index in [1.807, 2.05) is 0 Å². The Bertz CT molecular complexity index is 629. The van der Waals surface area contributed by atoms with Gasteiger partial charge in [-0.25, -0.2) is 14.4 Å². The minimum Gasteiger partial charge on any atom is -0.339 e. The Morgan fingerprint density at radius 2 is 2.00 bits per heavy atom. The summed E-state index contributed by atoms with van der Waals surface area (Å²) in [7, 11) is 0. The molecule has 1 aromatic carbocycles. The van der Waals surface area contributed by atoms with Crippen LogP contribution in [-0.4, -0.2) is 16.3 Å². The lowest BCUT2D eigenvalue weighted by atomic mass is 10.2. The van der Waals surface area contributed by atoms with E-state index in [1.54, 1.807) is 6.92 Å². The van der Waals surface area contributed by atoms with Crippen LogP contribution in [0.4, 0.5) is 15.9 Å². The van der Waals surface area contributed by atoms with Gasteiger partial charge in [-0.05, 0) is 25.1 Å². The van der Waals surface area contributed by atoms with E-state index in [4.69, 9.17) is 23.2 Å². The van der Waals surface area contributed by atoms with Crippen molar-refractivity contribution in [2.45, 2.75) is 6.92 Å². The van der Waals surface area contributed by atoms with Gasteiger partial charge in [-0.15, -0.1) is 0 Å². The van der Waals surface area contributed by atoms with Crippen molar-refractivity contribution in [3.05, 3.63) is 45.6 Å². The number of aryl methyl sites for hydroxylation is 1. The standard InChI is InChI=1S/C12H8Cl2FN3O/c1-6-16-11(14)10(5-19)12(17-6)18-9-3-7(13)2-8(15)4-9/h2-5H,1H3,(H,16,17,18). The van der Waals surface area contributed by atoms with Gasteiger partial charge >= 0.3 is 0 Å². The smallest absolute Gasteiger partial charge is 0.156 e. The molecule has 0 aliphatic rings. The SMILES string of the molecule is Cc1nc(Cl)c(C=O)c(Nc2cc(F)cc(Cl)c2)n1. The molecule has 0 saturated heterocycles. The topological polar surface area (TPSA) is 54.9 Å². The van der Waals surface area contributed by atoms with E-state index in [1.165, 1.54) is 18.2 Å². The number of nitrogens with zero attached hydrogens (tertiary/aromatic N) is 2. The molecule has 0 aliphatic carbocycles. The van der Waals surface area contributed by atoms with Crippen LogP contribution >= 0.6 is 23.2 Å². The van der Waals surface area contributed by atoms with Gasteiger partial charge in [0.2, 0.25) is 0 Å². The van der Waals surface area contributed by atoms with Crippen molar-refractivity contribution in [2.24, 2.45) is 0 Å². The number of carbonyl (C=O) groups excluding carboxylic acids is 1. The van der Waals surface area contributed by atoms with Gasteiger partial charge in [0.15, 0.2) is 6.29 Å². The lowest BCUT2D eigenvalue weighted by molar-refractivity contribution is 0.112. The Kier molecular flexibility index (Phi) is 3.97. The molecule has 0 spiro atoms. The van der Waals surface area contributed by atoms with Crippen molar-refractivity contribution >= 4 is 41.0 Å². The number of nitrogens with one attached hydrogen (secondary N) is 1. The molecule has 1 heterocycles. The largest absolute Gasteiger partial charge is 0.339 e. The Balaban J connectivity index is 2.45. The highest BCUT2D eigenvalue weighted by Gasteiger charge is 2.11. The molecule has 2 rings (SSSR count). The zero-order chi connectivity index (χ0) is 14.0. The molecule has 2 aromatic rings. The molecule has 0 amide bonds. The predicted octanol–water partition coefficient (Wildman–Crippen LogP) is 3.79. The highest BCUT2D eigenvalue weighted by atomic mass is 35.5. The average molecular weight is 300 g/mol. The van der Waals surface area contributed by atoms with Crippen LogP contribution in [0, 0.1) is 12.7 Å². The number of carbonyl (C=O) groups is 1. The number of hydrogen-bond donors (Lipinski definition) is 1. The van der Waals surface area contributed by atoms with E-state index in [2.05, 4.69) is 15.3 Å². The molecule has 0 fully saturated rings. The number of rotatable bonds is 3. The zero-order valence-corrected chi connectivity index (χ0v) is 11.3. The molecule has 1 aromatic heterocycles. The van der Waals surface area contributed by atoms with Gasteiger partial charge in [-0.3, -0.25) is 4.79 Å². The molecule has 7 heteroatoms. The fourth-order valence-electron chi connectivity index (χ4n) is 1.51. The maximum atomic E-state index is 13.2. The van der Waals surface area contributed by atoms with Gasteiger partial charge < -0.3 is 5.32 Å². The molecular weight excluding hydrogens is 292 g/mol. The maximum Gasteiger partial charge on any atom is 0.156 e. The third kappa shape index (κ3) is 3.19. The summed E-state index contributed by atoms with van der Waals surface area (Å²) in [5.74, 6) is 0.0919. The minimum absolute atomic E-state index is 0.0347. The summed E-state index contributed by atoms with van der Waals surface area (Å²) in [4.78, 5) is 18.9. The van der Waals surface area contributed by atoms with E-state index in [-0.39, 0.29) is 21.6 Å². The fourth-order valence-corrected chi connectivity index (χ4v) is 1.99. The molecule has 0 saturated carbocycles. The molecule has 0 aliphatic heterocycles. The second-order valence-corrected chi connectivity index (χ2v) is 4.52. The predicted molar refractivity (Wildman–Crippen MR) is 71.9 cm³/mol. The fraction of sp³-hybridized carbons (Fsp3) is 0.0833. The number of anilines is 2. The van der Waals surface area contributed by atoms with Crippen LogP contribution in [-0.2, 0) is 0 Å². The van der Waals surface area contributed by atoms with E-state index in [0.29, 0.717) is 17.8 Å². The Labute approximate surface area is 118 Å². The molecule has 19 heavy (non-hydrogen) atoms. The van der Waals surface area contributed by atoms with Crippen LogP contribution in [0.25, 0.3) is 0 Å². The molecule has 98 valence electrons. The first-order valence-corrected chi connectivity index (χ1v) is 5.97. The summed E-state index contributed by atoms with van der Waals surface area (Å²) < 4.78 is 13.2. The first kappa shape index (κ1) is 13.7. The van der Waals surface area contributed by atoms with Crippen molar-refractivity contribution in [2.75, 3.05) is 5.32 Å². The molecule has 0 unspecified atom stereocenters. The molecule has 4 nitrogen and oxygen atoms in total. The van der Waals surface area contributed by atoms with Gasteiger partial charge in [-0.1, -0.05) is 23.2 Å². The summed E-state index contributed by atoms with van der Waals surface area (Å²) in [6.07, 6.45) is 0.533. The van der Waals surface area contributed by atoms with Crippen LogP contribution in [0.15, 0.2) is 18.2 Å². The van der Waals surface area contributed by atoms with E-state index < -0.39 is 5.82 Å². The van der Waals surface area contributed by atoms with E-state index >= 15 is 0 Å². The Morgan fingerprint density at radius 1 is 1.26 bits per heavy atom. The van der Waals surface area contributed by atoms with Gasteiger partial charge in [0.1, 0.15) is 22.6 Å². The van der Waals surface area contributed by atoms with Crippen molar-refractivity contribution in [1.82, 2.24) is 9.97 Å². The second kappa shape index (κ2) is 5.50. The van der Waals surface area contributed by atoms with Crippen LogP contribution in [0.1, 0.15) is 16.2 Å². The van der Waals surface area contributed by atoms with Crippen LogP contribution in [0.5, 0.6) is 0 Å². The van der Waals surface area contributed by atoms with Crippen LogP contribution < -0.4 is 5.32 Å². The van der Waals surface area contributed by atoms with Crippen molar-refractivity contribution < 1.29 is 9.18 Å². The average Bonchev–Trinajstić information content (AvgIpc) is 2.26. The van der Waals surface area contributed by atoms with Crippen molar-refractivity contribution in [3.63, 3.8) is 0 Å². The normalized spacial score (nSPS) is 10.3. The van der Waals surface area contributed by atoms with Gasteiger partial charge in [-0.2, -0.15) is 0 Å². The van der Waals surface area contributed by atoms with E-state index in [9.17, 15) is 9.18 Å². The minimum atomic E-state index is -0.500. The lowest BCUT2D eigenvalue weighted by Crippen LogP contribution is -2.03. The van der Waals surface area contributed by atoms with Gasteiger partial charge in [0.05, 0.1) is 5.56 Å². The molecule has 1 N–H and O–H groups in total. The van der Waals surface area contributed by atoms with Crippen molar-refractivity contribution in [3.8, 4) is 0 Å². The monoisotopic (exact) mass is 299 g/mol. The number of hydrogen-bond acceptors (Lipinski definition) is 4.